The van der Waals surface area contributed by atoms with E-state index < -0.39 is 17.8 Å². The minimum Gasteiger partial charge on any atom is -0.271 e. The highest BCUT2D eigenvalue weighted by molar-refractivity contribution is 8.00. The summed E-state index contributed by atoms with van der Waals surface area (Å²) >= 11 is 1.68. The predicted molar refractivity (Wildman–Crippen MR) is 71.6 cm³/mol. The lowest BCUT2D eigenvalue weighted by Gasteiger charge is -2.34. The van der Waals surface area contributed by atoms with Crippen LogP contribution in [0.2, 0.25) is 0 Å². The lowest BCUT2D eigenvalue weighted by Crippen LogP contribution is -2.42. The van der Waals surface area contributed by atoms with Crippen molar-refractivity contribution in [2.24, 2.45) is 5.84 Å². The number of alkyl halides is 3. The Morgan fingerprint density at radius 3 is 2.58 bits per heavy atom. The van der Waals surface area contributed by atoms with Gasteiger partial charge in [0.1, 0.15) is 0 Å². The maximum atomic E-state index is 13.1. The monoisotopic (exact) mass is 290 g/mol. The van der Waals surface area contributed by atoms with E-state index in [2.05, 4.69) is 5.43 Å². The number of nitrogens with one attached hydrogen (secondary N) is 1. The molecule has 0 bridgehead atoms. The fraction of sp³-hybridized carbons (Fsp3) is 0.538. The Morgan fingerprint density at radius 2 is 2.05 bits per heavy atom. The second-order valence-electron chi connectivity index (χ2n) is 4.95. The van der Waals surface area contributed by atoms with Gasteiger partial charge in [0.25, 0.3) is 0 Å². The maximum absolute atomic E-state index is 13.1. The Hall–Kier alpha value is -0.720. The third-order valence-electron chi connectivity index (χ3n) is 3.60. The van der Waals surface area contributed by atoms with Crippen molar-refractivity contribution in [1.29, 1.82) is 0 Å². The molecule has 0 aromatic heterocycles. The molecule has 2 rings (SSSR count). The van der Waals surface area contributed by atoms with Crippen LogP contribution >= 0.6 is 11.8 Å². The largest absolute Gasteiger partial charge is 0.416 e. The van der Waals surface area contributed by atoms with E-state index in [1.54, 1.807) is 17.8 Å². The van der Waals surface area contributed by atoms with Gasteiger partial charge in [0.05, 0.1) is 11.6 Å². The van der Waals surface area contributed by atoms with Gasteiger partial charge < -0.3 is 0 Å². The van der Waals surface area contributed by atoms with Crippen molar-refractivity contribution in [1.82, 2.24) is 5.43 Å². The van der Waals surface area contributed by atoms with Gasteiger partial charge >= 0.3 is 6.18 Å². The molecule has 0 saturated carbocycles. The number of benzene rings is 1. The lowest BCUT2D eigenvalue weighted by molar-refractivity contribution is -0.138. The van der Waals surface area contributed by atoms with Gasteiger partial charge in [0.15, 0.2) is 0 Å². The van der Waals surface area contributed by atoms with Gasteiger partial charge in [-0.15, -0.1) is 0 Å². The first-order valence-electron chi connectivity index (χ1n) is 6.15. The van der Waals surface area contributed by atoms with Crippen LogP contribution in [0.15, 0.2) is 24.3 Å². The summed E-state index contributed by atoms with van der Waals surface area (Å²) in [6.07, 6.45) is -2.49. The topological polar surface area (TPSA) is 38.0 Å². The van der Waals surface area contributed by atoms with Gasteiger partial charge in [-0.1, -0.05) is 18.2 Å². The second kappa shape index (κ2) is 5.34. The normalized spacial score (nSPS) is 25.5. The minimum absolute atomic E-state index is 0.231. The molecule has 6 heteroatoms. The van der Waals surface area contributed by atoms with Crippen LogP contribution in [0.1, 0.15) is 36.9 Å². The summed E-state index contributed by atoms with van der Waals surface area (Å²) in [4.78, 5) is 0. The number of hydrogen-bond donors (Lipinski definition) is 2. The summed E-state index contributed by atoms with van der Waals surface area (Å²) in [6.45, 7) is 1.97. The van der Waals surface area contributed by atoms with Crippen LogP contribution in [0.3, 0.4) is 0 Å². The van der Waals surface area contributed by atoms with Crippen LogP contribution in [0.25, 0.3) is 0 Å². The summed E-state index contributed by atoms with van der Waals surface area (Å²) in [6, 6.07) is 5.15. The fourth-order valence-corrected chi connectivity index (χ4v) is 4.04. The van der Waals surface area contributed by atoms with Gasteiger partial charge in [-0.3, -0.25) is 11.3 Å². The summed E-state index contributed by atoms with van der Waals surface area (Å²) in [7, 11) is 0. The third kappa shape index (κ3) is 2.90. The summed E-state index contributed by atoms with van der Waals surface area (Å²) < 4.78 is 38.9. The first kappa shape index (κ1) is 14.7. The highest BCUT2D eigenvalue weighted by Crippen LogP contribution is 2.48. The van der Waals surface area contributed by atoms with Crippen molar-refractivity contribution in [2.45, 2.75) is 36.7 Å². The Morgan fingerprint density at radius 1 is 1.37 bits per heavy atom. The third-order valence-corrected chi connectivity index (χ3v) is 5.20. The number of halogens is 3. The molecule has 1 heterocycles. The van der Waals surface area contributed by atoms with Crippen molar-refractivity contribution in [2.75, 3.05) is 5.75 Å². The summed E-state index contributed by atoms with van der Waals surface area (Å²) in [5.74, 6) is 6.51. The average Bonchev–Trinajstić information content (AvgIpc) is 2.77. The number of hydrogen-bond acceptors (Lipinski definition) is 3. The molecule has 19 heavy (non-hydrogen) atoms. The summed E-state index contributed by atoms with van der Waals surface area (Å²) in [5, 5.41) is 0. The number of rotatable bonds is 3. The van der Waals surface area contributed by atoms with Gasteiger partial charge in [-0.25, -0.2) is 0 Å². The van der Waals surface area contributed by atoms with E-state index in [1.165, 1.54) is 12.1 Å². The van der Waals surface area contributed by atoms with Crippen LogP contribution in [-0.2, 0) is 6.18 Å². The highest BCUT2D eigenvalue weighted by Gasteiger charge is 2.42. The van der Waals surface area contributed by atoms with E-state index >= 15 is 0 Å². The SMILES string of the molecule is CC1(C(NN)c2ccccc2C(F)(F)F)CCCS1. The molecule has 2 atom stereocenters. The molecule has 1 fully saturated rings. The number of thioether (sulfide) groups is 1. The van der Waals surface area contributed by atoms with Crippen molar-refractivity contribution in [3.8, 4) is 0 Å². The molecule has 1 aliphatic rings. The first-order valence-corrected chi connectivity index (χ1v) is 7.13. The standard InChI is InChI=1S/C13H17F3N2S/c1-12(7-4-8-19-12)11(18-17)9-5-2-3-6-10(9)13(14,15)16/h2-3,5-6,11,18H,4,7-8,17H2,1H3. The Bertz CT molecular complexity index is 442. The molecule has 2 nitrogen and oxygen atoms in total. The highest BCUT2D eigenvalue weighted by atomic mass is 32.2. The molecule has 0 radical (unpaired) electrons. The Balaban J connectivity index is 2.44. The molecule has 1 aromatic rings. The van der Waals surface area contributed by atoms with Crippen molar-refractivity contribution < 1.29 is 13.2 Å². The van der Waals surface area contributed by atoms with Crippen LogP contribution in [0.4, 0.5) is 13.2 Å². The zero-order chi connectivity index (χ0) is 14.1. The molecule has 1 saturated heterocycles. The zero-order valence-corrected chi connectivity index (χ0v) is 11.4. The molecular formula is C13H17F3N2S. The van der Waals surface area contributed by atoms with Gasteiger partial charge in [0.2, 0.25) is 0 Å². The molecule has 3 N–H and O–H groups in total. The summed E-state index contributed by atoms with van der Waals surface area (Å²) in [5.41, 5.74) is 2.22. The zero-order valence-electron chi connectivity index (χ0n) is 10.6. The van der Waals surface area contributed by atoms with E-state index in [4.69, 9.17) is 5.84 Å². The minimum atomic E-state index is -4.36. The molecule has 2 unspecified atom stereocenters. The molecular weight excluding hydrogens is 273 g/mol. The van der Waals surface area contributed by atoms with Crippen LogP contribution < -0.4 is 11.3 Å². The molecule has 0 spiro atoms. The fourth-order valence-electron chi connectivity index (χ4n) is 2.63. The van der Waals surface area contributed by atoms with E-state index in [1.807, 2.05) is 6.92 Å². The molecule has 0 aliphatic carbocycles. The van der Waals surface area contributed by atoms with E-state index in [9.17, 15) is 13.2 Å². The second-order valence-corrected chi connectivity index (χ2v) is 6.58. The quantitative estimate of drug-likeness (QED) is 0.661. The number of hydrazine groups is 1. The van der Waals surface area contributed by atoms with Crippen LogP contribution in [0, 0.1) is 0 Å². The van der Waals surface area contributed by atoms with Gasteiger partial charge in [0, 0.05) is 4.75 Å². The van der Waals surface area contributed by atoms with E-state index in [-0.39, 0.29) is 10.3 Å². The lowest BCUT2D eigenvalue weighted by atomic mass is 9.88. The Kier molecular flexibility index (Phi) is 4.13. The molecule has 0 amide bonds. The molecule has 1 aromatic carbocycles. The Labute approximate surface area is 114 Å². The van der Waals surface area contributed by atoms with E-state index in [0.717, 1.165) is 24.7 Å². The van der Waals surface area contributed by atoms with Crippen LogP contribution in [-0.4, -0.2) is 10.5 Å². The number of nitrogens with two attached hydrogens (primary N) is 1. The van der Waals surface area contributed by atoms with Crippen LogP contribution in [0.5, 0.6) is 0 Å². The van der Waals surface area contributed by atoms with Gasteiger partial charge in [-0.2, -0.15) is 24.9 Å². The van der Waals surface area contributed by atoms with Crippen molar-refractivity contribution in [3.05, 3.63) is 35.4 Å². The molecule has 106 valence electrons. The first-order chi connectivity index (χ1) is 8.88. The predicted octanol–water partition coefficient (Wildman–Crippen LogP) is 3.50. The van der Waals surface area contributed by atoms with Gasteiger partial charge in [-0.05, 0) is 37.1 Å². The van der Waals surface area contributed by atoms with Crippen molar-refractivity contribution >= 4 is 11.8 Å². The van der Waals surface area contributed by atoms with Crippen molar-refractivity contribution in [3.63, 3.8) is 0 Å². The van der Waals surface area contributed by atoms with E-state index in [0.29, 0.717) is 0 Å². The smallest absolute Gasteiger partial charge is 0.271 e. The molecule has 1 aliphatic heterocycles. The average molecular weight is 290 g/mol. The maximum Gasteiger partial charge on any atom is 0.416 e.